The molecule has 1 amide bonds. The van der Waals surface area contributed by atoms with Crippen LogP contribution in [0, 0.1) is 0 Å². The first kappa shape index (κ1) is 19.4. The highest BCUT2D eigenvalue weighted by Crippen LogP contribution is 2.35. The number of pyridine rings is 1. The van der Waals surface area contributed by atoms with Crippen LogP contribution in [-0.4, -0.2) is 56.2 Å². The Hall–Kier alpha value is -3.30. The van der Waals surface area contributed by atoms with E-state index in [0.29, 0.717) is 5.82 Å². The molecule has 0 saturated carbocycles. The fraction of sp³-hybridized carbons (Fsp3) is 0.304. The van der Waals surface area contributed by atoms with Gasteiger partial charge in [0.25, 0.3) is 0 Å². The minimum Gasteiger partial charge on any atom is -0.383 e. The van der Waals surface area contributed by atoms with Crippen molar-refractivity contribution in [3.8, 4) is 21.7 Å². The number of hydrogen-bond acceptors (Lipinski definition) is 7. The topological polar surface area (TPSA) is 102 Å². The van der Waals surface area contributed by atoms with Gasteiger partial charge >= 0.3 is 0 Å². The highest BCUT2D eigenvalue weighted by molar-refractivity contribution is 7.21. The first-order chi connectivity index (χ1) is 15.7. The monoisotopic (exact) mass is 445 g/mol. The molecule has 162 valence electrons. The van der Waals surface area contributed by atoms with Crippen molar-refractivity contribution in [1.29, 1.82) is 0 Å². The third kappa shape index (κ3) is 3.34. The van der Waals surface area contributed by atoms with Gasteiger partial charge in [-0.2, -0.15) is 5.10 Å². The Balaban J connectivity index is 1.24. The molecule has 32 heavy (non-hydrogen) atoms. The van der Waals surface area contributed by atoms with Gasteiger partial charge in [-0.1, -0.05) is 12.1 Å². The maximum atomic E-state index is 12.5. The molecular formula is C23H23N7OS. The van der Waals surface area contributed by atoms with Crippen molar-refractivity contribution < 1.29 is 4.79 Å². The minimum absolute atomic E-state index is 0.114. The van der Waals surface area contributed by atoms with Crippen LogP contribution in [0.1, 0.15) is 18.9 Å². The third-order valence-corrected chi connectivity index (χ3v) is 7.39. The van der Waals surface area contributed by atoms with Crippen LogP contribution in [0.2, 0.25) is 0 Å². The second-order valence-corrected chi connectivity index (χ2v) is 9.41. The Kier molecular flexibility index (Phi) is 4.65. The van der Waals surface area contributed by atoms with Crippen molar-refractivity contribution in [3.63, 3.8) is 0 Å². The zero-order valence-electron chi connectivity index (χ0n) is 17.4. The van der Waals surface area contributed by atoms with Gasteiger partial charge in [0.05, 0.1) is 34.1 Å². The number of carbonyl (C=O) groups excluding carboxylic acids is 1. The van der Waals surface area contributed by atoms with Crippen molar-refractivity contribution in [1.82, 2.24) is 30.0 Å². The summed E-state index contributed by atoms with van der Waals surface area (Å²) >= 11 is 1.61. The number of amides is 1. The van der Waals surface area contributed by atoms with Crippen LogP contribution in [0.4, 0.5) is 5.82 Å². The summed E-state index contributed by atoms with van der Waals surface area (Å²) in [5, 5.41) is 8.81. The van der Waals surface area contributed by atoms with Crippen LogP contribution in [0.5, 0.6) is 0 Å². The summed E-state index contributed by atoms with van der Waals surface area (Å²) in [6.45, 7) is 2.51. The summed E-state index contributed by atoms with van der Waals surface area (Å²) in [6, 6.07) is 10.1. The Bertz CT molecular complexity index is 1280. The molecule has 0 spiro atoms. The molecule has 2 aliphatic rings. The molecule has 0 aliphatic carbocycles. The first-order valence-corrected chi connectivity index (χ1v) is 11.7. The SMILES string of the molecule is Nc1ncc(-c2cnn([C@@H]3CN[C@H](C(=O)N4CCC4)C3)c2)cc1-c1nc2ccccc2s1. The van der Waals surface area contributed by atoms with Gasteiger partial charge < -0.3 is 16.0 Å². The maximum Gasteiger partial charge on any atom is 0.239 e. The number of carbonyl (C=O) groups is 1. The summed E-state index contributed by atoms with van der Waals surface area (Å²) in [5.74, 6) is 0.682. The molecule has 0 bridgehead atoms. The van der Waals surface area contributed by atoms with Gasteiger partial charge in [-0.15, -0.1) is 11.3 Å². The van der Waals surface area contributed by atoms with Crippen molar-refractivity contribution >= 4 is 33.3 Å². The van der Waals surface area contributed by atoms with E-state index in [1.807, 2.05) is 46.2 Å². The lowest BCUT2D eigenvalue weighted by Crippen LogP contribution is -2.49. The molecule has 6 rings (SSSR count). The summed E-state index contributed by atoms with van der Waals surface area (Å²) in [4.78, 5) is 23.6. The average Bonchev–Trinajstić information content (AvgIpc) is 3.50. The first-order valence-electron chi connectivity index (χ1n) is 10.8. The van der Waals surface area contributed by atoms with Gasteiger partial charge in [0.1, 0.15) is 10.8 Å². The number of benzene rings is 1. The molecule has 3 aromatic heterocycles. The van der Waals surface area contributed by atoms with Crippen molar-refractivity contribution in [2.45, 2.75) is 24.9 Å². The molecule has 1 aromatic carbocycles. The van der Waals surface area contributed by atoms with Gasteiger partial charge in [0.2, 0.25) is 5.91 Å². The molecule has 5 heterocycles. The standard InChI is InChI=1S/C23H23N7OS/c24-21-17(22-28-18-4-1-2-5-20(18)32-22)8-14(10-26-21)15-11-27-30(13-15)16-9-19(25-12-16)23(31)29-6-3-7-29/h1-2,4-5,8,10-11,13,16,19,25H,3,6-7,9,12H2,(H2,24,26)/t16-,19-/m0/s1. The van der Waals surface area contributed by atoms with Crippen molar-refractivity contribution in [2.24, 2.45) is 0 Å². The largest absolute Gasteiger partial charge is 0.383 e. The number of anilines is 1. The molecule has 2 aliphatic heterocycles. The van der Waals surface area contributed by atoms with E-state index in [2.05, 4.69) is 21.5 Å². The molecule has 4 aromatic rings. The molecular weight excluding hydrogens is 422 g/mol. The van der Waals surface area contributed by atoms with Crippen LogP contribution in [0.3, 0.4) is 0 Å². The number of nitrogens with two attached hydrogens (primary N) is 1. The Morgan fingerprint density at radius 1 is 1.19 bits per heavy atom. The number of rotatable bonds is 4. The smallest absolute Gasteiger partial charge is 0.239 e. The number of hydrogen-bond donors (Lipinski definition) is 2. The van der Waals surface area contributed by atoms with Crippen LogP contribution >= 0.6 is 11.3 Å². The molecule has 3 N–H and O–H groups in total. The predicted molar refractivity (Wildman–Crippen MR) is 125 cm³/mol. The van der Waals surface area contributed by atoms with Gasteiger partial charge in [-0.05, 0) is 31.0 Å². The number of fused-ring (bicyclic) bond motifs is 1. The lowest BCUT2D eigenvalue weighted by atomic mass is 10.1. The number of thiazole rings is 1. The van der Waals surface area contributed by atoms with Gasteiger partial charge in [-0.3, -0.25) is 9.48 Å². The summed E-state index contributed by atoms with van der Waals surface area (Å²) in [6.07, 6.45) is 7.52. The second kappa shape index (κ2) is 7.68. The molecule has 0 unspecified atom stereocenters. The Morgan fingerprint density at radius 2 is 2.06 bits per heavy atom. The van der Waals surface area contributed by atoms with E-state index in [9.17, 15) is 4.79 Å². The predicted octanol–water partition coefficient (Wildman–Crippen LogP) is 2.94. The second-order valence-electron chi connectivity index (χ2n) is 8.38. The van der Waals surface area contributed by atoms with Crippen LogP contribution in [0.25, 0.3) is 31.9 Å². The molecule has 0 radical (unpaired) electrons. The van der Waals surface area contributed by atoms with Crippen molar-refractivity contribution in [2.75, 3.05) is 25.4 Å². The average molecular weight is 446 g/mol. The van der Waals surface area contributed by atoms with E-state index in [4.69, 9.17) is 10.7 Å². The van der Waals surface area contributed by atoms with E-state index < -0.39 is 0 Å². The van der Waals surface area contributed by atoms with Gasteiger partial charge in [0.15, 0.2) is 0 Å². The lowest BCUT2D eigenvalue weighted by molar-refractivity contribution is -0.136. The maximum absolute atomic E-state index is 12.5. The zero-order valence-corrected chi connectivity index (χ0v) is 18.3. The van der Waals surface area contributed by atoms with E-state index >= 15 is 0 Å². The Labute approximate surface area is 189 Å². The molecule has 2 atom stereocenters. The highest BCUT2D eigenvalue weighted by Gasteiger charge is 2.35. The summed E-state index contributed by atoms with van der Waals surface area (Å²) < 4.78 is 3.08. The van der Waals surface area contributed by atoms with E-state index in [0.717, 1.165) is 64.4 Å². The third-order valence-electron chi connectivity index (χ3n) is 6.33. The summed E-state index contributed by atoms with van der Waals surface area (Å²) in [5.41, 5.74) is 9.91. The number of nitrogens with one attached hydrogen (secondary N) is 1. The minimum atomic E-state index is -0.114. The summed E-state index contributed by atoms with van der Waals surface area (Å²) in [7, 11) is 0. The molecule has 2 fully saturated rings. The van der Waals surface area contributed by atoms with Gasteiger partial charge in [0, 0.05) is 43.2 Å². The number of para-hydroxylation sites is 1. The molecule has 2 saturated heterocycles. The van der Waals surface area contributed by atoms with Crippen molar-refractivity contribution in [3.05, 3.63) is 48.9 Å². The lowest BCUT2D eigenvalue weighted by Gasteiger charge is -2.33. The number of nitrogen functional groups attached to an aromatic ring is 1. The zero-order chi connectivity index (χ0) is 21.7. The quantitative estimate of drug-likeness (QED) is 0.501. The van der Waals surface area contributed by atoms with Crippen LogP contribution in [-0.2, 0) is 4.79 Å². The highest BCUT2D eigenvalue weighted by atomic mass is 32.1. The van der Waals surface area contributed by atoms with E-state index in [1.165, 1.54) is 0 Å². The molecule has 8 nitrogen and oxygen atoms in total. The normalized spacial score (nSPS) is 20.6. The number of nitrogens with zero attached hydrogens (tertiary/aromatic N) is 5. The van der Waals surface area contributed by atoms with E-state index in [1.54, 1.807) is 17.5 Å². The Morgan fingerprint density at radius 3 is 2.88 bits per heavy atom. The fourth-order valence-electron chi connectivity index (χ4n) is 4.34. The van der Waals surface area contributed by atoms with Crippen LogP contribution < -0.4 is 11.1 Å². The van der Waals surface area contributed by atoms with E-state index in [-0.39, 0.29) is 18.0 Å². The fourth-order valence-corrected chi connectivity index (χ4v) is 5.33. The molecule has 9 heteroatoms. The number of likely N-dealkylation sites (tertiary alicyclic amines) is 1. The van der Waals surface area contributed by atoms with Crippen LogP contribution in [0.15, 0.2) is 48.9 Å². The number of aromatic nitrogens is 4. The van der Waals surface area contributed by atoms with Gasteiger partial charge in [-0.25, -0.2) is 9.97 Å².